The molecule has 10 heteroatoms. The van der Waals surface area contributed by atoms with Crippen LogP contribution in [0.15, 0.2) is 30.6 Å². The number of nitrogens with zero attached hydrogens (tertiary/aromatic N) is 5. The highest BCUT2D eigenvalue weighted by Crippen LogP contribution is 2.32. The van der Waals surface area contributed by atoms with Crippen LogP contribution in [0.3, 0.4) is 0 Å². The summed E-state index contributed by atoms with van der Waals surface area (Å²) in [4.78, 5) is 17.2. The number of pyridine rings is 1. The average molecular weight is 471 g/mol. The second-order valence-electron chi connectivity index (χ2n) is 7.98. The fraction of sp³-hybridized carbons (Fsp3) is 0.273. The number of halogens is 2. The molecular weight excluding hydrogens is 451 g/mol. The monoisotopic (exact) mass is 470 g/mol. The smallest absolute Gasteiger partial charge is 0.254 e. The molecule has 1 amide bonds. The minimum Gasteiger partial charge on any atom is -0.506 e. The van der Waals surface area contributed by atoms with Gasteiger partial charge in [-0.1, -0.05) is 23.2 Å². The number of aromatic nitrogens is 5. The van der Waals surface area contributed by atoms with E-state index in [2.05, 4.69) is 20.5 Å². The predicted octanol–water partition coefficient (Wildman–Crippen LogP) is 3.83. The first-order valence-electron chi connectivity index (χ1n) is 10.2. The van der Waals surface area contributed by atoms with E-state index in [0.717, 1.165) is 23.4 Å². The van der Waals surface area contributed by atoms with Crippen molar-refractivity contribution in [3.63, 3.8) is 0 Å². The van der Waals surface area contributed by atoms with Crippen molar-refractivity contribution >= 4 is 34.6 Å². The van der Waals surface area contributed by atoms with Gasteiger partial charge in [0.15, 0.2) is 0 Å². The van der Waals surface area contributed by atoms with Crippen molar-refractivity contribution in [1.29, 1.82) is 0 Å². The molecule has 3 aromatic heterocycles. The summed E-state index contributed by atoms with van der Waals surface area (Å²) in [6.45, 7) is 3.72. The minimum absolute atomic E-state index is 0.132. The Morgan fingerprint density at radius 2 is 1.94 bits per heavy atom. The molecule has 1 atom stereocenters. The van der Waals surface area contributed by atoms with Crippen LogP contribution < -0.4 is 5.32 Å². The Morgan fingerprint density at radius 1 is 1.19 bits per heavy atom. The van der Waals surface area contributed by atoms with Gasteiger partial charge in [-0.25, -0.2) is 14.2 Å². The number of aryl methyl sites for hydroxylation is 3. The van der Waals surface area contributed by atoms with E-state index >= 15 is 0 Å². The van der Waals surface area contributed by atoms with Gasteiger partial charge in [0.25, 0.3) is 5.91 Å². The number of benzene rings is 1. The lowest BCUT2D eigenvalue weighted by Gasteiger charge is -2.23. The van der Waals surface area contributed by atoms with E-state index in [-0.39, 0.29) is 33.3 Å². The van der Waals surface area contributed by atoms with E-state index in [4.69, 9.17) is 23.2 Å². The second kappa shape index (κ2) is 7.79. The molecule has 4 aromatic rings. The number of carbonyl (C=O) groups excluding carboxylic acids is 1. The Hall–Kier alpha value is -3.10. The molecule has 0 fully saturated rings. The van der Waals surface area contributed by atoms with E-state index in [1.165, 1.54) is 0 Å². The van der Waals surface area contributed by atoms with Crippen molar-refractivity contribution < 1.29 is 9.90 Å². The van der Waals surface area contributed by atoms with Gasteiger partial charge >= 0.3 is 0 Å². The van der Waals surface area contributed by atoms with Crippen LogP contribution in [0.25, 0.3) is 11.2 Å². The lowest BCUT2D eigenvalue weighted by atomic mass is 9.91. The highest BCUT2D eigenvalue weighted by Gasteiger charge is 2.28. The second-order valence-corrected chi connectivity index (χ2v) is 8.79. The molecule has 0 saturated heterocycles. The minimum atomic E-state index is -0.341. The third-order valence-corrected chi connectivity index (χ3v) is 6.36. The average Bonchev–Trinajstić information content (AvgIpc) is 3.34. The molecule has 0 saturated carbocycles. The topological polar surface area (TPSA) is 97.3 Å². The molecule has 8 nitrogen and oxygen atoms in total. The summed E-state index contributed by atoms with van der Waals surface area (Å²) in [5, 5.41) is 22.8. The zero-order chi connectivity index (χ0) is 22.6. The van der Waals surface area contributed by atoms with Gasteiger partial charge in [-0.15, -0.1) is 0 Å². The van der Waals surface area contributed by atoms with E-state index < -0.39 is 0 Å². The molecule has 1 aliphatic carbocycles. The molecule has 0 radical (unpaired) electrons. The van der Waals surface area contributed by atoms with Gasteiger partial charge in [-0.2, -0.15) is 10.2 Å². The molecule has 2 N–H and O–H groups in total. The van der Waals surface area contributed by atoms with Crippen LogP contribution in [-0.2, 0) is 12.8 Å². The summed E-state index contributed by atoms with van der Waals surface area (Å²) in [6, 6.07) is 6.65. The fourth-order valence-corrected chi connectivity index (χ4v) is 4.84. The SMILES string of the molecule is Cc1ncn(-c2cc(Cl)c(C(=O)NC3CCc4nn5c(C)ccc(O)c5c4C3)c(Cl)c2)n1. The molecule has 1 aromatic carbocycles. The van der Waals surface area contributed by atoms with Crippen LogP contribution in [0.5, 0.6) is 5.75 Å². The molecule has 164 valence electrons. The first-order chi connectivity index (χ1) is 15.3. The molecule has 0 aliphatic heterocycles. The van der Waals surface area contributed by atoms with Crippen LogP contribution in [0.1, 0.15) is 39.6 Å². The zero-order valence-electron chi connectivity index (χ0n) is 17.4. The fourth-order valence-electron chi connectivity index (χ4n) is 4.20. The normalized spacial score (nSPS) is 15.7. The van der Waals surface area contributed by atoms with Gasteiger partial charge < -0.3 is 10.4 Å². The van der Waals surface area contributed by atoms with Crippen LogP contribution >= 0.6 is 23.2 Å². The number of rotatable bonds is 3. The summed E-state index contributed by atoms with van der Waals surface area (Å²) in [5.41, 5.74) is 4.38. The first-order valence-corrected chi connectivity index (χ1v) is 10.9. The quantitative estimate of drug-likeness (QED) is 0.474. The number of carbonyl (C=O) groups is 1. The lowest BCUT2D eigenvalue weighted by Crippen LogP contribution is -2.39. The Morgan fingerprint density at radius 3 is 2.62 bits per heavy atom. The van der Waals surface area contributed by atoms with Gasteiger partial charge in [-0.3, -0.25) is 4.79 Å². The Labute approximate surface area is 193 Å². The molecule has 1 aliphatic rings. The number of nitrogens with one attached hydrogen (secondary N) is 1. The van der Waals surface area contributed by atoms with E-state index in [0.29, 0.717) is 29.9 Å². The van der Waals surface area contributed by atoms with E-state index in [1.807, 2.05) is 13.0 Å². The molecule has 0 bridgehead atoms. The van der Waals surface area contributed by atoms with Gasteiger partial charge in [0.2, 0.25) is 0 Å². The molecule has 1 unspecified atom stereocenters. The number of amides is 1. The van der Waals surface area contributed by atoms with Crippen molar-refractivity contribution in [2.45, 2.75) is 39.2 Å². The van der Waals surface area contributed by atoms with Gasteiger partial charge in [0.05, 0.1) is 27.0 Å². The summed E-state index contributed by atoms with van der Waals surface area (Å²) in [5.74, 6) is 0.456. The number of aromatic hydroxyl groups is 1. The summed E-state index contributed by atoms with van der Waals surface area (Å²) >= 11 is 12.9. The van der Waals surface area contributed by atoms with E-state index in [1.54, 1.807) is 40.6 Å². The molecule has 0 spiro atoms. The Kier molecular flexibility index (Phi) is 5.06. The van der Waals surface area contributed by atoms with Gasteiger partial charge in [-0.05, 0) is 57.4 Å². The van der Waals surface area contributed by atoms with Crippen molar-refractivity contribution in [3.8, 4) is 11.4 Å². The van der Waals surface area contributed by atoms with Crippen molar-refractivity contribution in [1.82, 2.24) is 29.7 Å². The maximum absolute atomic E-state index is 13.1. The van der Waals surface area contributed by atoms with Crippen molar-refractivity contribution in [2.75, 3.05) is 0 Å². The van der Waals surface area contributed by atoms with Crippen LogP contribution in [0.2, 0.25) is 10.0 Å². The van der Waals surface area contributed by atoms with E-state index in [9.17, 15) is 9.90 Å². The van der Waals surface area contributed by atoms with Crippen LogP contribution in [-0.4, -0.2) is 41.4 Å². The number of hydrogen-bond acceptors (Lipinski definition) is 5. The summed E-state index contributed by atoms with van der Waals surface area (Å²) < 4.78 is 3.32. The maximum Gasteiger partial charge on any atom is 0.254 e. The standard InChI is InChI=1S/C22H20Cl2N6O2/c1-11-3-6-19(31)21-15-7-13(4-5-18(15)28-30(11)21)26-22(32)20-16(23)8-14(9-17(20)24)29-10-25-12(2)27-29/h3,6,8-10,13,31H,4-5,7H2,1-2H3,(H,26,32). The molecule has 3 heterocycles. The third-order valence-electron chi connectivity index (χ3n) is 5.77. The van der Waals surface area contributed by atoms with Gasteiger partial charge in [0.1, 0.15) is 23.4 Å². The van der Waals surface area contributed by atoms with Crippen LogP contribution in [0, 0.1) is 13.8 Å². The molecule has 5 rings (SSSR count). The molecular formula is C22H20Cl2N6O2. The summed E-state index contributed by atoms with van der Waals surface area (Å²) in [6.07, 6.45) is 3.55. The molecule has 32 heavy (non-hydrogen) atoms. The Bertz CT molecular complexity index is 1350. The lowest BCUT2D eigenvalue weighted by molar-refractivity contribution is 0.0934. The highest BCUT2D eigenvalue weighted by atomic mass is 35.5. The van der Waals surface area contributed by atoms with Crippen LogP contribution in [0.4, 0.5) is 0 Å². The number of fused-ring (bicyclic) bond motifs is 3. The maximum atomic E-state index is 13.1. The Balaban J connectivity index is 1.40. The summed E-state index contributed by atoms with van der Waals surface area (Å²) in [7, 11) is 0. The van der Waals surface area contributed by atoms with Crippen molar-refractivity contribution in [3.05, 3.63) is 69.0 Å². The third kappa shape index (κ3) is 3.49. The van der Waals surface area contributed by atoms with Crippen molar-refractivity contribution in [2.24, 2.45) is 0 Å². The number of hydrogen-bond donors (Lipinski definition) is 2. The first kappa shape index (κ1) is 20.8. The van der Waals surface area contributed by atoms with Gasteiger partial charge in [0, 0.05) is 17.3 Å². The predicted molar refractivity (Wildman–Crippen MR) is 121 cm³/mol. The zero-order valence-corrected chi connectivity index (χ0v) is 18.9. The largest absolute Gasteiger partial charge is 0.506 e. The highest BCUT2D eigenvalue weighted by molar-refractivity contribution is 6.40.